The summed E-state index contributed by atoms with van der Waals surface area (Å²) < 4.78 is 12.1. The number of rotatable bonds is 5. The first kappa shape index (κ1) is 13.2. The SMILES string of the molecule is CC(N)[C@@](CS)(N=C(N)CF)C(=O)O. The Balaban J connectivity index is 5.16. The molecule has 0 aromatic heterocycles. The van der Waals surface area contributed by atoms with Crippen molar-refractivity contribution in [3.05, 3.63) is 0 Å². The first-order valence-corrected chi connectivity index (χ1v) is 4.54. The molecule has 0 saturated carbocycles. The minimum Gasteiger partial charge on any atom is -0.479 e. The summed E-state index contributed by atoms with van der Waals surface area (Å²) in [5, 5.41) is 8.92. The Morgan fingerprint density at radius 2 is 2.29 bits per heavy atom. The third kappa shape index (κ3) is 2.58. The van der Waals surface area contributed by atoms with E-state index in [4.69, 9.17) is 16.6 Å². The van der Waals surface area contributed by atoms with Gasteiger partial charge in [0.15, 0.2) is 5.54 Å². The van der Waals surface area contributed by atoms with Gasteiger partial charge in [-0.2, -0.15) is 12.6 Å². The van der Waals surface area contributed by atoms with Crippen LogP contribution in [0, 0.1) is 0 Å². The van der Waals surface area contributed by atoms with E-state index in [1.165, 1.54) is 6.92 Å². The van der Waals surface area contributed by atoms with E-state index >= 15 is 0 Å². The number of carboxylic acids is 1. The molecular weight excluding hydrogens is 209 g/mol. The Kier molecular flexibility index (Phi) is 4.86. The second-order valence-electron chi connectivity index (χ2n) is 2.91. The van der Waals surface area contributed by atoms with E-state index in [0.29, 0.717) is 0 Å². The molecule has 0 bridgehead atoms. The molecule has 82 valence electrons. The normalized spacial score (nSPS) is 18.7. The smallest absolute Gasteiger partial charge is 0.334 e. The number of aliphatic carboxylic acids is 1. The number of aliphatic imine (C=N–C) groups is 1. The van der Waals surface area contributed by atoms with Gasteiger partial charge < -0.3 is 16.6 Å². The summed E-state index contributed by atoms with van der Waals surface area (Å²) in [5.41, 5.74) is 8.95. The van der Waals surface area contributed by atoms with Crippen LogP contribution in [0.1, 0.15) is 6.92 Å². The highest BCUT2D eigenvalue weighted by atomic mass is 32.1. The molecular formula is C7H14FN3O2S. The lowest BCUT2D eigenvalue weighted by Crippen LogP contribution is -2.53. The monoisotopic (exact) mass is 223 g/mol. The topological polar surface area (TPSA) is 102 Å². The maximum absolute atomic E-state index is 12.1. The summed E-state index contributed by atoms with van der Waals surface area (Å²) in [7, 11) is 0. The highest BCUT2D eigenvalue weighted by molar-refractivity contribution is 7.80. The van der Waals surface area contributed by atoms with Crippen LogP contribution in [-0.2, 0) is 4.79 Å². The Morgan fingerprint density at radius 3 is 2.50 bits per heavy atom. The zero-order valence-electron chi connectivity index (χ0n) is 7.77. The van der Waals surface area contributed by atoms with Crippen LogP contribution in [0.4, 0.5) is 4.39 Å². The van der Waals surface area contributed by atoms with Crippen molar-refractivity contribution in [2.45, 2.75) is 18.5 Å². The van der Waals surface area contributed by atoms with Crippen LogP contribution in [0.5, 0.6) is 0 Å². The van der Waals surface area contributed by atoms with Crippen molar-refractivity contribution in [1.29, 1.82) is 0 Å². The molecule has 0 fully saturated rings. The summed E-state index contributed by atoms with van der Waals surface area (Å²) in [6.07, 6.45) is 0. The molecule has 5 nitrogen and oxygen atoms in total. The second-order valence-corrected chi connectivity index (χ2v) is 3.23. The average molecular weight is 223 g/mol. The molecule has 0 saturated heterocycles. The Hall–Kier alpha value is -0.820. The maximum atomic E-state index is 12.1. The van der Waals surface area contributed by atoms with Crippen molar-refractivity contribution in [2.24, 2.45) is 16.5 Å². The summed E-state index contributed by atoms with van der Waals surface area (Å²) >= 11 is 3.85. The summed E-state index contributed by atoms with van der Waals surface area (Å²) in [5.74, 6) is -1.79. The van der Waals surface area contributed by atoms with Crippen molar-refractivity contribution < 1.29 is 14.3 Å². The Morgan fingerprint density at radius 1 is 1.79 bits per heavy atom. The quantitative estimate of drug-likeness (QED) is 0.284. The molecule has 0 aliphatic heterocycles. The number of alkyl halides is 1. The van der Waals surface area contributed by atoms with Gasteiger partial charge >= 0.3 is 5.97 Å². The number of nitrogens with zero attached hydrogens (tertiary/aromatic N) is 1. The van der Waals surface area contributed by atoms with Crippen LogP contribution in [-0.4, -0.2) is 40.9 Å². The van der Waals surface area contributed by atoms with E-state index in [0.717, 1.165) is 0 Å². The van der Waals surface area contributed by atoms with Crippen molar-refractivity contribution >= 4 is 24.4 Å². The van der Waals surface area contributed by atoms with E-state index in [-0.39, 0.29) is 5.75 Å². The van der Waals surface area contributed by atoms with Crippen LogP contribution in [0.3, 0.4) is 0 Å². The van der Waals surface area contributed by atoms with Crippen LogP contribution in [0.15, 0.2) is 4.99 Å². The number of halogens is 1. The minimum atomic E-state index is -1.65. The fourth-order valence-electron chi connectivity index (χ4n) is 0.878. The number of thiol groups is 1. The summed E-state index contributed by atoms with van der Waals surface area (Å²) in [6, 6.07) is -0.803. The van der Waals surface area contributed by atoms with Crippen LogP contribution < -0.4 is 11.5 Å². The average Bonchev–Trinajstić information content (AvgIpc) is 2.12. The summed E-state index contributed by atoms with van der Waals surface area (Å²) in [6.45, 7) is 0.453. The molecule has 1 unspecified atom stereocenters. The number of amidine groups is 1. The van der Waals surface area contributed by atoms with Crippen molar-refractivity contribution in [2.75, 3.05) is 12.4 Å². The molecule has 0 radical (unpaired) electrons. The molecule has 5 N–H and O–H groups in total. The van der Waals surface area contributed by atoms with Gasteiger partial charge in [0, 0.05) is 11.8 Å². The molecule has 0 aliphatic rings. The second kappa shape index (κ2) is 5.16. The highest BCUT2D eigenvalue weighted by Crippen LogP contribution is 2.17. The third-order valence-electron chi connectivity index (χ3n) is 1.84. The number of nitrogens with two attached hydrogens (primary N) is 2. The standard InChI is InChI=1S/C7H14FN3O2S/c1-4(9)7(3-14,6(12)13)11-5(10)2-8/h4,14H,2-3,9H2,1H3,(H2,10,11)(H,12,13)/t4?,7-/m1/s1. The zero-order chi connectivity index (χ0) is 11.4. The number of carboxylic acid groups (broad SMARTS) is 1. The minimum absolute atomic E-state index is 0.138. The Labute approximate surface area is 86.8 Å². The fourth-order valence-corrected chi connectivity index (χ4v) is 1.37. The molecule has 0 aliphatic carbocycles. The van der Waals surface area contributed by atoms with Crippen molar-refractivity contribution in [3.63, 3.8) is 0 Å². The molecule has 0 amide bonds. The predicted octanol–water partition coefficient (Wildman–Crippen LogP) is -0.586. The van der Waals surface area contributed by atoms with Gasteiger partial charge in [0.05, 0.1) is 0 Å². The lowest BCUT2D eigenvalue weighted by Gasteiger charge is -2.27. The highest BCUT2D eigenvalue weighted by Gasteiger charge is 2.41. The van der Waals surface area contributed by atoms with Gasteiger partial charge in [0.25, 0.3) is 0 Å². The molecule has 0 aromatic rings. The van der Waals surface area contributed by atoms with Crippen molar-refractivity contribution in [3.8, 4) is 0 Å². The first-order valence-electron chi connectivity index (χ1n) is 3.90. The van der Waals surface area contributed by atoms with Gasteiger partial charge in [0.1, 0.15) is 12.5 Å². The molecule has 0 aromatic carbocycles. The van der Waals surface area contributed by atoms with E-state index in [2.05, 4.69) is 17.6 Å². The van der Waals surface area contributed by atoms with Gasteiger partial charge in [0.2, 0.25) is 0 Å². The molecule has 0 heterocycles. The predicted molar refractivity (Wildman–Crippen MR) is 55.5 cm³/mol. The van der Waals surface area contributed by atoms with Crippen molar-refractivity contribution in [1.82, 2.24) is 0 Å². The van der Waals surface area contributed by atoms with Gasteiger partial charge in [-0.1, -0.05) is 0 Å². The van der Waals surface area contributed by atoms with Gasteiger partial charge in [-0.15, -0.1) is 0 Å². The van der Waals surface area contributed by atoms with Crippen LogP contribution in [0.2, 0.25) is 0 Å². The maximum Gasteiger partial charge on any atom is 0.334 e. The lowest BCUT2D eigenvalue weighted by atomic mass is 9.95. The first-order chi connectivity index (χ1) is 6.40. The lowest BCUT2D eigenvalue weighted by molar-refractivity contribution is -0.142. The molecule has 7 heteroatoms. The van der Waals surface area contributed by atoms with Gasteiger partial charge in [-0.3, -0.25) is 0 Å². The van der Waals surface area contributed by atoms with E-state index < -0.39 is 30.1 Å². The van der Waals surface area contributed by atoms with E-state index in [1.54, 1.807) is 0 Å². The van der Waals surface area contributed by atoms with Crippen LogP contribution >= 0.6 is 12.6 Å². The third-order valence-corrected chi connectivity index (χ3v) is 2.33. The number of carbonyl (C=O) groups is 1. The molecule has 2 atom stereocenters. The number of hydrogen-bond donors (Lipinski definition) is 4. The number of hydrogen-bond acceptors (Lipinski definition) is 4. The van der Waals surface area contributed by atoms with Gasteiger partial charge in [-0.25, -0.2) is 14.2 Å². The zero-order valence-corrected chi connectivity index (χ0v) is 8.67. The van der Waals surface area contributed by atoms with Crippen LogP contribution in [0.25, 0.3) is 0 Å². The van der Waals surface area contributed by atoms with Gasteiger partial charge in [-0.05, 0) is 6.92 Å². The summed E-state index contributed by atoms with van der Waals surface area (Å²) in [4.78, 5) is 14.5. The molecule has 0 rings (SSSR count). The van der Waals surface area contributed by atoms with E-state index in [1.807, 2.05) is 0 Å². The fraction of sp³-hybridized carbons (Fsp3) is 0.714. The van der Waals surface area contributed by atoms with E-state index in [9.17, 15) is 9.18 Å². The molecule has 0 spiro atoms. The molecule has 14 heavy (non-hydrogen) atoms. The largest absolute Gasteiger partial charge is 0.479 e. The Bertz CT molecular complexity index is 247.